The SMILES string of the molecule is Brc1ccc(COCCNCc2cccs2)cc1. The molecule has 1 aromatic carbocycles. The second kappa shape index (κ2) is 7.69. The van der Waals surface area contributed by atoms with Gasteiger partial charge in [-0.2, -0.15) is 0 Å². The Morgan fingerprint density at radius 1 is 1.17 bits per heavy atom. The molecule has 2 rings (SSSR count). The van der Waals surface area contributed by atoms with Crippen molar-refractivity contribution in [3.05, 3.63) is 56.7 Å². The van der Waals surface area contributed by atoms with Crippen molar-refractivity contribution in [2.24, 2.45) is 0 Å². The first kappa shape index (κ1) is 13.7. The van der Waals surface area contributed by atoms with Crippen molar-refractivity contribution < 1.29 is 4.74 Å². The van der Waals surface area contributed by atoms with E-state index in [4.69, 9.17) is 4.74 Å². The van der Waals surface area contributed by atoms with Gasteiger partial charge < -0.3 is 10.1 Å². The quantitative estimate of drug-likeness (QED) is 0.781. The van der Waals surface area contributed by atoms with Crippen LogP contribution in [-0.2, 0) is 17.9 Å². The Labute approximate surface area is 120 Å². The highest BCUT2D eigenvalue weighted by molar-refractivity contribution is 9.10. The highest BCUT2D eigenvalue weighted by Crippen LogP contribution is 2.11. The summed E-state index contributed by atoms with van der Waals surface area (Å²) >= 11 is 5.19. The molecule has 0 radical (unpaired) electrons. The first-order valence-electron chi connectivity index (χ1n) is 5.90. The van der Waals surface area contributed by atoms with Crippen LogP contribution in [0.25, 0.3) is 0 Å². The van der Waals surface area contributed by atoms with Crippen LogP contribution in [0.5, 0.6) is 0 Å². The topological polar surface area (TPSA) is 21.3 Å². The molecule has 0 bridgehead atoms. The molecule has 1 heterocycles. The van der Waals surface area contributed by atoms with Gasteiger partial charge in [0.2, 0.25) is 0 Å². The zero-order chi connectivity index (χ0) is 12.6. The average Bonchev–Trinajstić information content (AvgIpc) is 2.89. The molecule has 1 aromatic heterocycles. The van der Waals surface area contributed by atoms with Gasteiger partial charge in [0.1, 0.15) is 0 Å². The normalized spacial score (nSPS) is 10.7. The third-order valence-corrected chi connectivity index (χ3v) is 3.89. The molecule has 0 aliphatic rings. The third kappa shape index (κ3) is 4.90. The summed E-state index contributed by atoms with van der Waals surface area (Å²) in [6, 6.07) is 12.4. The van der Waals surface area contributed by atoms with Crippen molar-refractivity contribution >= 4 is 27.3 Å². The molecule has 0 amide bonds. The van der Waals surface area contributed by atoms with Gasteiger partial charge in [-0.25, -0.2) is 0 Å². The molecule has 96 valence electrons. The van der Waals surface area contributed by atoms with Crippen molar-refractivity contribution in [1.29, 1.82) is 0 Å². The number of nitrogens with one attached hydrogen (secondary N) is 1. The molecule has 1 N–H and O–H groups in total. The van der Waals surface area contributed by atoms with Crippen LogP contribution in [0.4, 0.5) is 0 Å². The Kier molecular flexibility index (Phi) is 5.87. The fourth-order valence-corrected chi connectivity index (χ4v) is 2.48. The minimum absolute atomic E-state index is 0.675. The van der Waals surface area contributed by atoms with E-state index in [1.807, 2.05) is 12.1 Å². The summed E-state index contributed by atoms with van der Waals surface area (Å²) in [5.74, 6) is 0. The second-order valence-electron chi connectivity index (χ2n) is 3.94. The molecule has 2 nitrogen and oxygen atoms in total. The molecule has 18 heavy (non-hydrogen) atoms. The first-order valence-corrected chi connectivity index (χ1v) is 7.57. The van der Waals surface area contributed by atoms with Crippen LogP contribution in [0.1, 0.15) is 10.4 Å². The van der Waals surface area contributed by atoms with Gasteiger partial charge in [-0.3, -0.25) is 0 Å². The molecular weight excluding hydrogens is 310 g/mol. The maximum Gasteiger partial charge on any atom is 0.0717 e. The van der Waals surface area contributed by atoms with Crippen molar-refractivity contribution in [2.75, 3.05) is 13.2 Å². The molecule has 0 unspecified atom stereocenters. The molecule has 0 aliphatic heterocycles. The number of hydrogen-bond donors (Lipinski definition) is 1. The van der Waals surface area contributed by atoms with Crippen LogP contribution < -0.4 is 5.32 Å². The van der Waals surface area contributed by atoms with Gasteiger partial charge in [0.05, 0.1) is 13.2 Å². The lowest BCUT2D eigenvalue weighted by Crippen LogP contribution is -2.18. The van der Waals surface area contributed by atoms with Crippen molar-refractivity contribution in [2.45, 2.75) is 13.2 Å². The number of ether oxygens (including phenoxy) is 1. The molecule has 4 heteroatoms. The lowest BCUT2D eigenvalue weighted by molar-refractivity contribution is 0.122. The summed E-state index contributed by atoms with van der Waals surface area (Å²) in [7, 11) is 0. The molecule has 0 aliphatic carbocycles. The van der Waals surface area contributed by atoms with E-state index in [1.165, 1.54) is 10.4 Å². The smallest absolute Gasteiger partial charge is 0.0717 e. The van der Waals surface area contributed by atoms with Crippen molar-refractivity contribution in [1.82, 2.24) is 5.32 Å². The number of halogens is 1. The lowest BCUT2D eigenvalue weighted by atomic mass is 10.2. The fraction of sp³-hybridized carbons (Fsp3) is 0.286. The zero-order valence-corrected chi connectivity index (χ0v) is 12.5. The molecule has 0 atom stereocenters. The minimum atomic E-state index is 0.675. The van der Waals surface area contributed by atoms with Crippen LogP contribution in [0.3, 0.4) is 0 Å². The van der Waals surface area contributed by atoms with Crippen LogP contribution >= 0.6 is 27.3 Å². The monoisotopic (exact) mass is 325 g/mol. The Morgan fingerprint density at radius 3 is 2.72 bits per heavy atom. The van der Waals surface area contributed by atoms with E-state index < -0.39 is 0 Å². The van der Waals surface area contributed by atoms with E-state index in [2.05, 4.69) is 50.9 Å². The number of rotatable bonds is 7. The van der Waals surface area contributed by atoms with Gasteiger partial charge in [-0.05, 0) is 29.1 Å². The Balaban J connectivity index is 1.55. The fourth-order valence-electron chi connectivity index (χ4n) is 1.54. The van der Waals surface area contributed by atoms with E-state index in [9.17, 15) is 0 Å². The van der Waals surface area contributed by atoms with Gasteiger partial charge in [-0.15, -0.1) is 11.3 Å². The van der Waals surface area contributed by atoms with Gasteiger partial charge in [0, 0.05) is 22.4 Å². The Morgan fingerprint density at radius 2 is 2.00 bits per heavy atom. The Hall–Kier alpha value is -0.680. The van der Waals surface area contributed by atoms with E-state index in [0.717, 1.165) is 24.2 Å². The number of benzene rings is 1. The summed E-state index contributed by atoms with van der Waals surface area (Å²) < 4.78 is 6.71. The summed E-state index contributed by atoms with van der Waals surface area (Å²) in [6.45, 7) is 3.23. The van der Waals surface area contributed by atoms with Crippen molar-refractivity contribution in [3.8, 4) is 0 Å². The minimum Gasteiger partial charge on any atom is -0.375 e. The number of hydrogen-bond acceptors (Lipinski definition) is 3. The highest BCUT2D eigenvalue weighted by Gasteiger charge is 1.95. The first-order chi connectivity index (χ1) is 8.84. The number of thiophene rings is 1. The van der Waals surface area contributed by atoms with Gasteiger partial charge in [-0.1, -0.05) is 34.1 Å². The van der Waals surface area contributed by atoms with Crippen LogP contribution in [0.2, 0.25) is 0 Å². The van der Waals surface area contributed by atoms with Gasteiger partial charge in [0.15, 0.2) is 0 Å². The van der Waals surface area contributed by atoms with E-state index >= 15 is 0 Å². The lowest BCUT2D eigenvalue weighted by Gasteiger charge is -2.05. The predicted molar refractivity (Wildman–Crippen MR) is 79.8 cm³/mol. The molecular formula is C14H16BrNOS. The second-order valence-corrected chi connectivity index (χ2v) is 5.88. The van der Waals surface area contributed by atoms with Crippen LogP contribution in [-0.4, -0.2) is 13.2 Å². The summed E-state index contributed by atoms with van der Waals surface area (Å²) in [4.78, 5) is 1.36. The summed E-state index contributed by atoms with van der Waals surface area (Å²) in [5, 5.41) is 5.46. The molecule has 0 fully saturated rings. The predicted octanol–water partition coefficient (Wildman–Crippen LogP) is 3.82. The average molecular weight is 326 g/mol. The molecule has 2 aromatic rings. The van der Waals surface area contributed by atoms with Crippen molar-refractivity contribution in [3.63, 3.8) is 0 Å². The summed E-state index contributed by atoms with van der Waals surface area (Å²) in [6.07, 6.45) is 0. The molecule has 0 saturated heterocycles. The third-order valence-electron chi connectivity index (χ3n) is 2.48. The maximum atomic E-state index is 5.60. The summed E-state index contributed by atoms with van der Waals surface area (Å²) in [5.41, 5.74) is 1.21. The largest absolute Gasteiger partial charge is 0.375 e. The van der Waals surface area contributed by atoms with Gasteiger partial charge >= 0.3 is 0 Å². The van der Waals surface area contributed by atoms with Crippen LogP contribution in [0, 0.1) is 0 Å². The Bertz CT molecular complexity index is 441. The highest BCUT2D eigenvalue weighted by atomic mass is 79.9. The van der Waals surface area contributed by atoms with E-state index in [0.29, 0.717) is 6.61 Å². The van der Waals surface area contributed by atoms with Crippen LogP contribution in [0.15, 0.2) is 46.3 Å². The zero-order valence-electron chi connectivity index (χ0n) is 10.1. The van der Waals surface area contributed by atoms with E-state index in [-0.39, 0.29) is 0 Å². The van der Waals surface area contributed by atoms with E-state index in [1.54, 1.807) is 11.3 Å². The standard InChI is InChI=1S/C14H16BrNOS/c15-13-5-3-12(4-6-13)11-17-8-7-16-10-14-2-1-9-18-14/h1-6,9,16H,7-8,10-11H2. The molecule has 0 saturated carbocycles. The molecule has 0 spiro atoms. The maximum absolute atomic E-state index is 5.60. The van der Waals surface area contributed by atoms with Gasteiger partial charge in [0.25, 0.3) is 0 Å².